The van der Waals surface area contributed by atoms with Gasteiger partial charge in [0.15, 0.2) is 0 Å². The van der Waals surface area contributed by atoms with E-state index < -0.39 is 0 Å². The van der Waals surface area contributed by atoms with E-state index in [2.05, 4.69) is 20.9 Å². The maximum Gasteiger partial charge on any atom is 0.272 e. The first kappa shape index (κ1) is 16.0. The van der Waals surface area contributed by atoms with Crippen LogP contribution in [0.5, 0.6) is 0 Å². The number of halogens is 1. The van der Waals surface area contributed by atoms with Crippen molar-refractivity contribution in [1.82, 2.24) is 19.2 Å². The minimum atomic E-state index is -0.0179. The fraction of sp³-hybridized carbons (Fsp3) is 0.438. The van der Waals surface area contributed by atoms with E-state index in [0.29, 0.717) is 38.3 Å². The minimum Gasteiger partial charge on any atom is -0.339 e. The second-order valence-electron chi connectivity index (χ2n) is 5.63. The van der Waals surface area contributed by atoms with E-state index in [1.807, 2.05) is 34.6 Å². The number of piperazine rings is 1. The molecule has 0 unspecified atom stereocenters. The number of hydrogen-bond acceptors (Lipinski definition) is 3. The van der Waals surface area contributed by atoms with E-state index in [-0.39, 0.29) is 11.8 Å². The summed E-state index contributed by atoms with van der Waals surface area (Å²) in [4.78, 5) is 32.6. The molecule has 0 bridgehead atoms. The van der Waals surface area contributed by atoms with Gasteiger partial charge in [-0.1, -0.05) is 6.92 Å². The molecular formula is C16H19BrN4O2. The molecule has 2 aromatic heterocycles. The van der Waals surface area contributed by atoms with E-state index >= 15 is 0 Å². The first-order chi connectivity index (χ1) is 11.0. The Balaban J connectivity index is 1.92. The van der Waals surface area contributed by atoms with Crippen LogP contribution in [0, 0.1) is 0 Å². The molecule has 3 heterocycles. The lowest BCUT2D eigenvalue weighted by atomic mass is 10.2. The molecule has 0 aliphatic carbocycles. The van der Waals surface area contributed by atoms with Gasteiger partial charge in [-0.25, -0.2) is 4.98 Å². The van der Waals surface area contributed by atoms with Crippen molar-refractivity contribution in [3.05, 3.63) is 34.2 Å². The molecule has 0 radical (unpaired) electrons. The second-order valence-corrected chi connectivity index (χ2v) is 6.55. The Morgan fingerprint density at radius 1 is 1.17 bits per heavy atom. The highest BCUT2D eigenvalue weighted by atomic mass is 79.9. The molecule has 0 atom stereocenters. The number of hydrogen-bond donors (Lipinski definition) is 0. The molecule has 122 valence electrons. The maximum absolute atomic E-state index is 13.0. The average molecular weight is 379 g/mol. The molecular weight excluding hydrogens is 360 g/mol. The predicted molar refractivity (Wildman–Crippen MR) is 90.4 cm³/mol. The van der Waals surface area contributed by atoms with Gasteiger partial charge in [0.1, 0.15) is 11.3 Å². The van der Waals surface area contributed by atoms with Gasteiger partial charge in [0, 0.05) is 43.8 Å². The van der Waals surface area contributed by atoms with Crippen LogP contribution in [0.25, 0.3) is 5.65 Å². The van der Waals surface area contributed by atoms with Crippen molar-refractivity contribution in [2.24, 2.45) is 0 Å². The number of pyridine rings is 1. The number of imidazole rings is 1. The zero-order valence-electron chi connectivity index (χ0n) is 13.3. The van der Waals surface area contributed by atoms with Crippen LogP contribution in [0.3, 0.4) is 0 Å². The number of aryl methyl sites for hydroxylation is 1. The summed E-state index contributed by atoms with van der Waals surface area (Å²) in [6.07, 6.45) is 2.58. The van der Waals surface area contributed by atoms with Gasteiger partial charge in [0.25, 0.3) is 5.91 Å². The van der Waals surface area contributed by atoms with Gasteiger partial charge >= 0.3 is 0 Å². The fourth-order valence-electron chi connectivity index (χ4n) is 2.91. The number of rotatable bonds is 2. The van der Waals surface area contributed by atoms with E-state index in [0.717, 1.165) is 15.8 Å². The SMILES string of the molecule is CCc1nc2ccc(Br)cn2c1C(=O)N1CCN(C(C)=O)CC1. The fourth-order valence-corrected chi connectivity index (χ4v) is 3.25. The normalized spacial score (nSPS) is 15.3. The third kappa shape index (κ3) is 2.97. The number of carbonyl (C=O) groups excluding carboxylic acids is 2. The quantitative estimate of drug-likeness (QED) is 0.802. The predicted octanol–water partition coefficient (Wildman–Crippen LogP) is 1.96. The number of amides is 2. The Kier molecular flexibility index (Phi) is 4.39. The standard InChI is InChI=1S/C16H19BrN4O2/c1-3-13-15(21-10-12(17)4-5-14(21)18-13)16(23)20-8-6-19(7-9-20)11(2)22/h4-5,10H,3,6-9H2,1-2H3. The smallest absolute Gasteiger partial charge is 0.272 e. The molecule has 7 heteroatoms. The van der Waals surface area contributed by atoms with Crippen LogP contribution in [0.2, 0.25) is 0 Å². The van der Waals surface area contributed by atoms with Gasteiger partial charge in [0.05, 0.1) is 5.69 Å². The van der Waals surface area contributed by atoms with E-state index in [9.17, 15) is 9.59 Å². The Hall–Kier alpha value is -1.89. The molecule has 23 heavy (non-hydrogen) atoms. The highest BCUT2D eigenvalue weighted by molar-refractivity contribution is 9.10. The molecule has 1 fully saturated rings. The number of fused-ring (bicyclic) bond motifs is 1. The number of nitrogens with zero attached hydrogens (tertiary/aromatic N) is 4. The topological polar surface area (TPSA) is 57.9 Å². The van der Waals surface area contributed by atoms with E-state index in [4.69, 9.17) is 0 Å². The molecule has 2 amide bonds. The molecule has 1 saturated heterocycles. The van der Waals surface area contributed by atoms with Gasteiger partial charge in [-0.2, -0.15) is 0 Å². The van der Waals surface area contributed by atoms with Crippen molar-refractivity contribution < 1.29 is 9.59 Å². The molecule has 1 aliphatic heterocycles. The number of carbonyl (C=O) groups is 2. The summed E-state index contributed by atoms with van der Waals surface area (Å²) >= 11 is 3.45. The Morgan fingerprint density at radius 2 is 1.83 bits per heavy atom. The third-order valence-electron chi connectivity index (χ3n) is 4.20. The van der Waals surface area contributed by atoms with E-state index in [1.54, 1.807) is 11.8 Å². The molecule has 3 rings (SSSR count). The second kappa shape index (κ2) is 6.31. The van der Waals surface area contributed by atoms with Crippen molar-refractivity contribution in [3.8, 4) is 0 Å². The lowest BCUT2D eigenvalue weighted by molar-refractivity contribution is -0.130. The summed E-state index contributed by atoms with van der Waals surface area (Å²) in [7, 11) is 0. The summed E-state index contributed by atoms with van der Waals surface area (Å²) in [5.41, 5.74) is 2.21. The van der Waals surface area contributed by atoms with Crippen LogP contribution in [-0.4, -0.2) is 57.2 Å². The van der Waals surface area contributed by atoms with Crippen molar-refractivity contribution in [1.29, 1.82) is 0 Å². The molecule has 0 N–H and O–H groups in total. The zero-order chi connectivity index (χ0) is 16.6. The van der Waals surface area contributed by atoms with Crippen molar-refractivity contribution >= 4 is 33.4 Å². The third-order valence-corrected chi connectivity index (χ3v) is 4.67. The lowest BCUT2D eigenvalue weighted by Crippen LogP contribution is -2.50. The number of aromatic nitrogens is 2. The van der Waals surface area contributed by atoms with Crippen LogP contribution < -0.4 is 0 Å². The minimum absolute atomic E-state index is 0.0179. The lowest BCUT2D eigenvalue weighted by Gasteiger charge is -2.34. The zero-order valence-corrected chi connectivity index (χ0v) is 14.8. The molecule has 6 nitrogen and oxygen atoms in total. The van der Waals surface area contributed by atoms with Crippen LogP contribution in [-0.2, 0) is 11.2 Å². The Bertz CT molecular complexity index is 763. The summed E-state index contributed by atoms with van der Waals surface area (Å²) in [5.74, 6) is 0.0423. The molecule has 0 spiro atoms. The Labute approximate surface area is 143 Å². The van der Waals surface area contributed by atoms with Crippen LogP contribution in [0.1, 0.15) is 30.0 Å². The van der Waals surface area contributed by atoms with Crippen LogP contribution in [0.4, 0.5) is 0 Å². The molecule has 1 aliphatic rings. The van der Waals surface area contributed by atoms with Gasteiger partial charge in [-0.05, 0) is 34.5 Å². The van der Waals surface area contributed by atoms with Crippen molar-refractivity contribution in [2.75, 3.05) is 26.2 Å². The maximum atomic E-state index is 13.0. The van der Waals surface area contributed by atoms with Crippen LogP contribution in [0.15, 0.2) is 22.8 Å². The summed E-state index contributed by atoms with van der Waals surface area (Å²) in [6, 6.07) is 3.81. The van der Waals surface area contributed by atoms with Gasteiger partial charge in [-0.3, -0.25) is 14.0 Å². The van der Waals surface area contributed by atoms with Gasteiger partial charge < -0.3 is 9.80 Å². The highest BCUT2D eigenvalue weighted by Gasteiger charge is 2.27. The van der Waals surface area contributed by atoms with Gasteiger partial charge in [0.2, 0.25) is 5.91 Å². The van der Waals surface area contributed by atoms with Crippen molar-refractivity contribution in [2.45, 2.75) is 20.3 Å². The van der Waals surface area contributed by atoms with Gasteiger partial charge in [-0.15, -0.1) is 0 Å². The average Bonchev–Trinajstić information content (AvgIpc) is 2.91. The summed E-state index contributed by atoms with van der Waals surface area (Å²) < 4.78 is 2.75. The molecule has 0 saturated carbocycles. The summed E-state index contributed by atoms with van der Waals surface area (Å²) in [6.45, 7) is 5.85. The molecule has 0 aromatic carbocycles. The van der Waals surface area contributed by atoms with Crippen LogP contribution >= 0.6 is 15.9 Å². The monoisotopic (exact) mass is 378 g/mol. The first-order valence-electron chi connectivity index (χ1n) is 7.72. The largest absolute Gasteiger partial charge is 0.339 e. The summed E-state index contributed by atoms with van der Waals surface area (Å²) in [5, 5.41) is 0. The highest BCUT2D eigenvalue weighted by Crippen LogP contribution is 2.20. The van der Waals surface area contributed by atoms with Crippen molar-refractivity contribution in [3.63, 3.8) is 0 Å². The molecule has 2 aromatic rings. The Morgan fingerprint density at radius 3 is 2.43 bits per heavy atom. The first-order valence-corrected chi connectivity index (χ1v) is 8.51. The van der Waals surface area contributed by atoms with E-state index in [1.165, 1.54) is 0 Å².